The number of ether oxygens (including phenoxy) is 1. The van der Waals surface area contributed by atoms with Crippen molar-refractivity contribution in [2.24, 2.45) is 0 Å². The van der Waals surface area contributed by atoms with Gasteiger partial charge in [-0.25, -0.2) is 9.59 Å². The molecule has 1 aliphatic heterocycles. The minimum atomic E-state index is -0.672. The van der Waals surface area contributed by atoms with Gasteiger partial charge in [0, 0.05) is 19.6 Å². The van der Waals surface area contributed by atoms with Crippen LogP contribution in [0.4, 0.5) is 9.59 Å². The molecule has 1 aromatic rings. The fourth-order valence-corrected chi connectivity index (χ4v) is 2.14. The number of hydrogen-bond acceptors (Lipinski definition) is 3. The van der Waals surface area contributed by atoms with Crippen LogP contribution in [0.2, 0.25) is 0 Å². The van der Waals surface area contributed by atoms with Gasteiger partial charge in [-0.05, 0) is 31.7 Å². The molecule has 1 heterocycles. The molecule has 0 bridgehead atoms. The van der Waals surface area contributed by atoms with Gasteiger partial charge in [0.25, 0.3) is 0 Å². The molecule has 0 saturated carbocycles. The highest BCUT2D eigenvalue weighted by Gasteiger charge is 2.21. The Morgan fingerprint density at radius 3 is 2.50 bits per heavy atom. The number of nitrogens with zero attached hydrogens (tertiary/aromatic N) is 1. The summed E-state index contributed by atoms with van der Waals surface area (Å²) in [6, 6.07) is 8.12. The first-order valence-corrected chi connectivity index (χ1v) is 6.95. The number of alkyl carbamates (subject to hydrolysis) is 1. The Labute approximate surface area is 118 Å². The summed E-state index contributed by atoms with van der Waals surface area (Å²) in [5, 5.41) is 2.59. The number of rotatable bonds is 3. The molecule has 5 heteroatoms. The van der Waals surface area contributed by atoms with Crippen molar-refractivity contribution in [3.8, 4) is 0 Å². The van der Waals surface area contributed by atoms with Crippen LogP contribution in [0.1, 0.15) is 24.0 Å². The van der Waals surface area contributed by atoms with Crippen molar-refractivity contribution in [1.29, 1.82) is 0 Å². The zero-order chi connectivity index (χ0) is 14.4. The van der Waals surface area contributed by atoms with E-state index in [1.807, 2.05) is 31.2 Å². The molecular formula is C15H20N2O3. The Balaban J connectivity index is 1.67. The third kappa shape index (κ3) is 4.26. The van der Waals surface area contributed by atoms with E-state index in [0.717, 1.165) is 18.4 Å². The summed E-state index contributed by atoms with van der Waals surface area (Å²) in [6.07, 6.45) is 1.45. The van der Waals surface area contributed by atoms with Gasteiger partial charge in [-0.15, -0.1) is 0 Å². The van der Waals surface area contributed by atoms with Gasteiger partial charge in [-0.1, -0.05) is 29.8 Å². The maximum atomic E-state index is 11.6. The second-order valence-corrected chi connectivity index (χ2v) is 5.01. The van der Waals surface area contributed by atoms with Crippen molar-refractivity contribution in [3.63, 3.8) is 0 Å². The number of aryl methyl sites for hydroxylation is 1. The first kappa shape index (κ1) is 14.4. The molecule has 2 rings (SSSR count). The van der Waals surface area contributed by atoms with Gasteiger partial charge in [-0.2, -0.15) is 0 Å². The molecule has 108 valence electrons. The predicted molar refractivity (Wildman–Crippen MR) is 75.6 cm³/mol. The Kier molecular flexibility index (Phi) is 4.98. The van der Waals surface area contributed by atoms with Crippen molar-refractivity contribution >= 4 is 12.2 Å². The first-order chi connectivity index (χ1) is 9.65. The van der Waals surface area contributed by atoms with Crippen LogP contribution in [0.5, 0.6) is 0 Å². The largest absolute Gasteiger partial charge is 0.418 e. The third-order valence-electron chi connectivity index (χ3n) is 3.35. The smallest absolute Gasteiger partial charge is 0.359 e. The Morgan fingerprint density at radius 1 is 1.20 bits per heavy atom. The first-order valence-electron chi connectivity index (χ1n) is 6.95. The third-order valence-corrected chi connectivity index (χ3v) is 3.35. The van der Waals surface area contributed by atoms with Gasteiger partial charge in [-0.3, -0.25) is 0 Å². The molecule has 0 atom stereocenters. The van der Waals surface area contributed by atoms with Crippen LogP contribution < -0.4 is 5.32 Å². The lowest BCUT2D eigenvalue weighted by molar-refractivity contribution is 0.124. The summed E-state index contributed by atoms with van der Waals surface area (Å²) in [5.41, 5.74) is 2.35. The van der Waals surface area contributed by atoms with Crippen LogP contribution in [0, 0.1) is 6.92 Å². The molecule has 5 nitrogen and oxygen atoms in total. The molecule has 0 aliphatic carbocycles. The van der Waals surface area contributed by atoms with Crippen molar-refractivity contribution in [2.45, 2.75) is 26.2 Å². The minimum Gasteiger partial charge on any atom is -0.359 e. The van der Waals surface area contributed by atoms with Crippen LogP contribution in [0.25, 0.3) is 0 Å². The Bertz CT molecular complexity index is 465. The number of amides is 2. The molecule has 1 fully saturated rings. The van der Waals surface area contributed by atoms with Gasteiger partial charge < -0.3 is 15.0 Å². The summed E-state index contributed by atoms with van der Waals surface area (Å²) in [6.45, 7) is 3.84. The molecule has 0 aromatic heterocycles. The minimum absolute atomic E-state index is 0.454. The van der Waals surface area contributed by atoms with Crippen molar-refractivity contribution in [3.05, 3.63) is 35.4 Å². The van der Waals surface area contributed by atoms with Crippen molar-refractivity contribution in [1.82, 2.24) is 10.2 Å². The second kappa shape index (κ2) is 6.93. The predicted octanol–water partition coefficient (Wildman–Crippen LogP) is 2.48. The number of carbonyl (C=O) groups excluding carboxylic acids is 2. The van der Waals surface area contributed by atoms with Crippen LogP contribution in [0.3, 0.4) is 0 Å². The maximum Gasteiger partial charge on any atom is 0.418 e. The maximum absolute atomic E-state index is 11.6. The second-order valence-electron chi connectivity index (χ2n) is 5.01. The summed E-state index contributed by atoms with van der Waals surface area (Å²) in [4.78, 5) is 24.6. The normalized spacial score (nSPS) is 14.2. The monoisotopic (exact) mass is 276 g/mol. The average molecular weight is 276 g/mol. The van der Waals surface area contributed by atoms with E-state index in [-0.39, 0.29) is 0 Å². The number of benzene rings is 1. The zero-order valence-electron chi connectivity index (χ0n) is 11.7. The van der Waals surface area contributed by atoms with E-state index in [1.165, 1.54) is 5.56 Å². The van der Waals surface area contributed by atoms with Gasteiger partial charge in [0.05, 0.1) is 0 Å². The van der Waals surface area contributed by atoms with E-state index in [9.17, 15) is 9.59 Å². The van der Waals surface area contributed by atoms with Crippen LogP contribution >= 0.6 is 0 Å². The van der Waals surface area contributed by atoms with E-state index < -0.39 is 12.2 Å². The molecule has 1 saturated heterocycles. The Hall–Kier alpha value is -2.04. The quantitative estimate of drug-likeness (QED) is 0.863. The SMILES string of the molecule is Cc1ccc(CCNC(=O)OC(=O)N2CCCC2)cc1. The average Bonchev–Trinajstić information content (AvgIpc) is 2.95. The summed E-state index contributed by atoms with van der Waals surface area (Å²) in [7, 11) is 0. The fraction of sp³-hybridized carbons (Fsp3) is 0.467. The number of nitrogens with one attached hydrogen (secondary N) is 1. The van der Waals surface area contributed by atoms with E-state index in [0.29, 0.717) is 26.1 Å². The summed E-state index contributed by atoms with van der Waals surface area (Å²) in [5.74, 6) is 0. The highest BCUT2D eigenvalue weighted by atomic mass is 16.6. The molecule has 0 spiro atoms. The zero-order valence-corrected chi connectivity index (χ0v) is 11.7. The number of carbonyl (C=O) groups is 2. The molecule has 1 aliphatic rings. The lowest BCUT2D eigenvalue weighted by Crippen LogP contribution is -2.35. The van der Waals surface area contributed by atoms with Crippen LogP contribution in [0.15, 0.2) is 24.3 Å². The lowest BCUT2D eigenvalue weighted by atomic mass is 10.1. The molecule has 1 N–H and O–H groups in total. The van der Waals surface area contributed by atoms with Gasteiger partial charge in [0.2, 0.25) is 0 Å². The Morgan fingerprint density at radius 2 is 1.85 bits per heavy atom. The van der Waals surface area contributed by atoms with Gasteiger partial charge in [0.15, 0.2) is 0 Å². The molecule has 0 radical (unpaired) electrons. The van der Waals surface area contributed by atoms with Crippen LogP contribution in [-0.4, -0.2) is 36.7 Å². The van der Waals surface area contributed by atoms with Crippen LogP contribution in [-0.2, 0) is 11.2 Å². The van der Waals surface area contributed by atoms with Crippen molar-refractivity contribution in [2.75, 3.05) is 19.6 Å². The number of hydrogen-bond donors (Lipinski definition) is 1. The van der Waals surface area contributed by atoms with E-state index >= 15 is 0 Å². The fourth-order valence-electron chi connectivity index (χ4n) is 2.14. The molecule has 1 aromatic carbocycles. The lowest BCUT2D eigenvalue weighted by Gasteiger charge is -2.14. The molecular weight excluding hydrogens is 256 g/mol. The van der Waals surface area contributed by atoms with Crippen molar-refractivity contribution < 1.29 is 14.3 Å². The highest BCUT2D eigenvalue weighted by Crippen LogP contribution is 2.08. The van der Waals surface area contributed by atoms with E-state index in [2.05, 4.69) is 5.32 Å². The van der Waals surface area contributed by atoms with E-state index in [1.54, 1.807) is 4.90 Å². The summed E-state index contributed by atoms with van der Waals surface area (Å²) < 4.78 is 4.73. The summed E-state index contributed by atoms with van der Waals surface area (Å²) >= 11 is 0. The highest BCUT2D eigenvalue weighted by molar-refractivity contribution is 5.83. The van der Waals surface area contributed by atoms with Gasteiger partial charge >= 0.3 is 12.2 Å². The number of likely N-dealkylation sites (tertiary alicyclic amines) is 1. The molecule has 20 heavy (non-hydrogen) atoms. The standard InChI is InChI=1S/C15H20N2O3/c1-12-4-6-13(7-5-12)8-9-16-14(18)20-15(19)17-10-2-3-11-17/h4-7H,2-3,8-11H2,1H3,(H,16,18). The molecule has 2 amide bonds. The van der Waals surface area contributed by atoms with E-state index in [4.69, 9.17) is 4.74 Å². The molecule has 0 unspecified atom stereocenters. The topological polar surface area (TPSA) is 58.6 Å². The van der Waals surface area contributed by atoms with Gasteiger partial charge in [0.1, 0.15) is 0 Å².